The number of amides is 2. The van der Waals surface area contributed by atoms with Gasteiger partial charge in [-0.3, -0.25) is 29.6 Å². The third-order valence-electron chi connectivity index (χ3n) is 6.17. The summed E-state index contributed by atoms with van der Waals surface area (Å²) in [5.41, 5.74) is 2.39. The normalized spacial score (nSPS) is 9.49. The average Bonchev–Trinajstić information content (AvgIpc) is 3.20. The van der Waals surface area contributed by atoms with E-state index in [0.717, 1.165) is 39.5 Å². The maximum atomic E-state index is 11.4. The molecule has 0 saturated heterocycles. The second-order valence-electron chi connectivity index (χ2n) is 12.1. The van der Waals surface area contributed by atoms with Crippen LogP contribution >= 0.6 is 0 Å². The average molecular weight is 997 g/mol. The molecule has 0 aliphatic carbocycles. The largest absolute Gasteiger partial charge is 2.00 e. The van der Waals surface area contributed by atoms with Crippen molar-refractivity contribution < 1.29 is 99.9 Å². The van der Waals surface area contributed by atoms with Crippen molar-refractivity contribution in [2.24, 2.45) is 20.0 Å². The van der Waals surface area contributed by atoms with Gasteiger partial charge >= 0.3 is 50.1 Å². The summed E-state index contributed by atoms with van der Waals surface area (Å²) in [5, 5.41) is 63.5. The van der Waals surface area contributed by atoms with Gasteiger partial charge in [0.1, 0.15) is 0 Å². The van der Waals surface area contributed by atoms with Crippen LogP contribution in [0.4, 0.5) is 0 Å². The van der Waals surface area contributed by atoms with Crippen molar-refractivity contribution in [2.75, 3.05) is 54.4 Å². The van der Waals surface area contributed by atoms with Crippen LogP contribution in [0.15, 0.2) is 117 Å². The van der Waals surface area contributed by atoms with Crippen molar-refractivity contribution in [1.82, 2.24) is 9.80 Å². The van der Waals surface area contributed by atoms with Gasteiger partial charge in [0.15, 0.2) is 0 Å². The fourth-order valence-corrected chi connectivity index (χ4v) is 3.51. The van der Waals surface area contributed by atoms with Gasteiger partial charge in [-0.25, -0.2) is 0 Å². The van der Waals surface area contributed by atoms with Gasteiger partial charge in [0.05, 0.1) is 0 Å². The van der Waals surface area contributed by atoms with Crippen LogP contribution in [0.5, 0.6) is 23.0 Å². The summed E-state index contributed by atoms with van der Waals surface area (Å²) in [6.45, 7) is 4.35. The molecule has 0 heterocycles. The van der Waals surface area contributed by atoms with Crippen LogP contribution in [0.3, 0.4) is 0 Å². The molecule has 1 radical (unpaired) electrons. The molecule has 0 bridgehead atoms. The molecular weight excluding hydrogens is 945 g/mol. The van der Waals surface area contributed by atoms with Gasteiger partial charge < -0.3 is 50.0 Å². The monoisotopic (exact) mass is 995 g/mol. The molecule has 0 N–H and O–H groups in total. The molecule has 0 atom stereocenters. The number of carboxylic acid groups (broad SMARTS) is 2. The number of carboxylic acids is 2. The van der Waals surface area contributed by atoms with E-state index in [1.54, 1.807) is 102 Å². The number of benzene rings is 4. The van der Waals surface area contributed by atoms with E-state index in [2.05, 4.69) is 20.0 Å². The number of rotatable bonds is 14. The SMILES string of the molecule is CC(=O)[O-].CC(=O)[O-].CN(C)C=O.CN(C)C=O.[Mn+2].[Ni+2].[Ni+2].[O-]c1ccccc1C=NCCCN=Cc1ccccc1[O-].[O-]c1ccccc1C=NCCCN=Cc1ccccc1[O-]. The van der Waals surface area contributed by atoms with Crippen molar-refractivity contribution in [3.63, 3.8) is 0 Å². The van der Waals surface area contributed by atoms with E-state index in [0.29, 0.717) is 48.4 Å². The molecule has 19 heteroatoms. The van der Waals surface area contributed by atoms with Crippen molar-refractivity contribution in [3.8, 4) is 23.0 Å². The van der Waals surface area contributed by atoms with E-state index in [9.17, 15) is 30.0 Å². The van der Waals surface area contributed by atoms with Gasteiger partial charge in [-0.1, -0.05) is 97.1 Å². The maximum Gasteiger partial charge on any atom is 2.00 e. The first-order valence-corrected chi connectivity index (χ1v) is 18.2. The molecule has 0 aliphatic heterocycles. The van der Waals surface area contributed by atoms with E-state index in [1.807, 2.05) is 24.3 Å². The second-order valence-corrected chi connectivity index (χ2v) is 12.1. The zero-order valence-corrected chi connectivity index (χ0v) is 38.9. The van der Waals surface area contributed by atoms with E-state index in [-0.39, 0.29) is 73.0 Å². The first-order valence-electron chi connectivity index (χ1n) is 18.2. The summed E-state index contributed by atoms with van der Waals surface area (Å²) in [6, 6.07) is 27.2. The Balaban J connectivity index is -0.000000249. The molecule has 345 valence electrons. The molecule has 0 fully saturated rings. The van der Waals surface area contributed by atoms with Crippen molar-refractivity contribution in [3.05, 3.63) is 119 Å². The predicted molar refractivity (Wildman–Crippen MR) is 223 cm³/mol. The minimum Gasteiger partial charge on any atom is -0.872 e. The van der Waals surface area contributed by atoms with E-state index < -0.39 is 11.9 Å². The van der Waals surface area contributed by atoms with Crippen molar-refractivity contribution in [1.29, 1.82) is 0 Å². The van der Waals surface area contributed by atoms with Gasteiger partial charge in [-0.05, 0) is 48.9 Å². The topological polar surface area (TPSA) is 263 Å². The Morgan fingerprint density at radius 1 is 0.460 bits per heavy atom. The molecule has 0 spiro atoms. The van der Waals surface area contributed by atoms with Crippen molar-refractivity contribution >= 4 is 49.6 Å². The van der Waals surface area contributed by atoms with Crippen LogP contribution in [0.1, 0.15) is 48.9 Å². The van der Waals surface area contributed by atoms with Crippen LogP contribution in [-0.2, 0) is 69.2 Å². The summed E-state index contributed by atoms with van der Waals surface area (Å²) < 4.78 is 0. The molecule has 63 heavy (non-hydrogen) atoms. The minimum atomic E-state index is -1.08. The first kappa shape index (κ1) is 66.2. The number of nitrogens with zero attached hydrogens (tertiary/aromatic N) is 6. The van der Waals surface area contributed by atoms with Crippen LogP contribution in [0.25, 0.3) is 0 Å². The predicted octanol–water partition coefficient (Wildman–Crippen LogP) is 0.438. The molecule has 0 saturated carbocycles. The standard InChI is InChI=1S/2C17H18N2O2.2C3H7NO.2C2H4O2.Mn.2Ni/c2*20-16-8-3-1-6-14(16)12-18-10-5-11-19-13-15-7-2-4-9-17(15)21;2*1-4(2)3-5;2*1-2(3)4;;;/h2*1-4,6-9,12-13,20-21H,5,10-11H2;2*3H,1-2H3;2*1H3,(H,3,4);;;/q;;;;;;3*+2/p-6. The Kier molecular flexibility index (Phi) is 46.5. The molecule has 4 aromatic rings. The molecule has 0 aliphatic rings. The number of carbonyl (C=O) groups is 4. The smallest absolute Gasteiger partial charge is 0.872 e. The van der Waals surface area contributed by atoms with Gasteiger partial charge in [0.25, 0.3) is 0 Å². The quantitative estimate of drug-likeness (QED) is 0.0729. The van der Waals surface area contributed by atoms with Gasteiger partial charge in [0.2, 0.25) is 12.8 Å². The van der Waals surface area contributed by atoms with Crippen LogP contribution in [0, 0.1) is 0 Å². The summed E-state index contributed by atoms with van der Waals surface area (Å²) >= 11 is 0. The zero-order valence-electron chi connectivity index (χ0n) is 35.7. The molecular formula is C44H52MnN6Ni2O10. The molecule has 16 nitrogen and oxygen atoms in total. The number of carbonyl (C=O) groups excluding carboxylic acids is 4. The Bertz CT molecular complexity index is 1680. The zero-order chi connectivity index (χ0) is 45.6. The fourth-order valence-electron chi connectivity index (χ4n) is 3.51. The van der Waals surface area contributed by atoms with Crippen LogP contribution in [0.2, 0.25) is 0 Å². The Hall–Kier alpha value is -5.85. The Morgan fingerprint density at radius 2 is 0.619 bits per heavy atom. The fraction of sp³-hybridized carbons (Fsp3) is 0.273. The summed E-state index contributed by atoms with van der Waals surface area (Å²) in [5.74, 6) is -2.25. The summed E-state index contributed by atoms with van der Waals surface area (Å²) in [6.07, 6.45) is 9.43. The second kappa shape index (κ2) is 44.2. The van der Waals surface area contributed by atoms with Crippen LogP contribution in [-0.4, -0.2) is 114 Å². The third kappa shape index (κ3) is 42.6. The van der Waals surface area contributed by atoms with E-state index in [1.165, 1.54) is 34.1 Å². The van der Waals surface area contributed by atoms with E-state index in [4.69, 9.17) is 19.8 Å². The van der Waals surface area contributed by atoms with Gasteiger partial charge in [0, 0.05) is 91.2 Å². The first-order chi connectivity index (χ1) is 28.5. The van der Waals surface area contributed by atoms with E-state index >= 15 is 0 Å². The van der Waals surface area contributed by atoms with Gasteiger partial charge in [-0.15, -0.1) is 23.0 Å². The molecule has 0 unspecified atom stereocenters. The van der Waals surface area contributed by atoms with Gasteiger partial charge in [-0.2, -0.15) is 0 Å². The number of aliphatic imine (C=N–C) groups is 4. The minimum absolute atomic E-state index is 0. The molecule has 4 rings (SSSR count). The third-order valence-corrected chi connectivity index (χ3v) is 6.17. The summed E-state index contributed by atoms with van der Waals surface area (Å²) in [7, 11) is 6.75. The summed E-state index contributed by atoms with van der Waals surface area (Å²) in [4.78, 5) is 56.3. The number of hydrogen-bond donors (Lipinski definition) is 0. The number of hydrogen-bond acceptors (Lipinski definition) is 14. The van der Waals surface area contributed by atoms with Crippen molar-refractivity contribution in [2.45, 2.75) is 26.7 Å². The Morgan fingerprint density at radius 3 is 0.762 bits per heavy atom. The maximum absolute atomic E-state index is 11.4. The molecule has 0 aromatic heterocycles. The van der Waals surface area contributed by atoms with Crippen LogP contribution < -0.4 is 30.6 Å². The number of aliphatic carboxylic acids is 2. The molecule has 2 amide bonds. The molecule has 4 aromatic carbocycles. The number of para-hydroxylation sites is 4. The Labute approximate surface area is 400 Å².